The smallest absolute Gasteiger partial charge is 0.358 e. The van der Waals surface area contributed by atoms with Crippen molar-refractivity contribution in [1.29, 1.82) is 0 Å². The minimum atomic E-state index is -0.404. The van der Waals surface area contributed by atoms with E-state index in [2.05, 4.69) is 20.6 Å². The molecule has 12 heteroatoms. The van der Waals surface area contributed by atoms with Gasteiger partial charge in [-0.25, -0.2) is 9.59 Å². The van der Waals surface area contributed by atoms with Crippen molar-refractivity contribution in [3.05, 3.63) is 152 Å². The number of rotatable bonds is 8. The van der Waals surface area contributed by atoms with Crippen molar-refractivity contribution >= 4 is 66.5 Å². The average molecular weight is 687 g/mol. The van der Waals surface area contributed by atoms with Gasteiger partial charge in [0.2, 0.25) is 0 Å². The lowest BCUT2D eigenvalue weighted by Crippen LogP contribution is -2.04. The maximum atomic E-state index is 12.1. The van der Waals surface area contributed by atoms with Gasteiger partial charge in [-0.2, -0.15) is 9.97 Å². The lowest BCUT2D eigenvalue weighted by Gasteiger charge is -2.11. The molecule has 0 atom stereocenters. The predicted molar refractivity (Wildman–Crippen MR) is 194 cm³/mol. The van der Waals surface area contributed by atoms with Crippen molar-refractivity contribution in [3.8, 4) is 23.0 Å². The fraction of sp³-hybridized carbons (Fsp3) is 0.0270. The van der Waals surface area contributed by atoms with Crippen LogP contribution in [0.1, 0.15) is 4.88 Å². The van der Waals surface area contributed by atoms with Crippen molar-refractivity contribution in [2.24, 2.45) is 0 Å². The highest BCUT2D eigenvalue weighted by atomic mass is 32.1. The number of aromatic nitrogens is 2. The van der Waals surface area contributed by atoms with E-state index in [1.54, 1.807) is 12.1 Å². The second kappa shape index (κ2) is 14.3. The summed E-state index contributed by atoms with van der Waals surface area (Å²) in [4.78, 5) is 34.4. The SMILES string of the molecule is Cc1cc2c(=O)oc(Nc3ccccc3Oc3ccccc3)nc2s1.O=c1oc(Nc2ccccc2Oc2ccccc2)nc2ccsc12. The average Bonchev–Trinajstić information content (AvgIpc) is 3.75. The van der Waals surface area contributed by atoms with Gasteiger partial charge in [-0.3, -0.25) is 0 Å². The summed E-state index contributed by atoms with van der Waals surface area (Å²) in [7, 11) is 0. The van der Waals surface area contributed by atoms with Gasteiger partial charge in [-0.1, -0.05) is 60.7 Å². The fourth-order valence-corrected chi connectivity index (χ4v) is 6.25. The highest BCUT2D eigenvalue weighted by Gasteiger charge is 2.13. The van der Waals surface area contributed by atoms with E-state index in [0.717, 1.165) is 16.4 Å². The molecular weight excluding hydrogens is 661 g/mol. The first-order chi connectivity index (χ1) is 24.0. The molecule has 8 rings (SSSR count). The highest BCUT2D eigenvalue weighted by Crippen LogP contribution is 2.33. The van der Waals surface area contributed by atoms with Gasteiger partial charge in [0.25, 0.3) is 0 Å². The van der Waals surface area contributed by atoms with Crippen LogP contribution >= 0.6 is 22.7 Å². The number of nitrogens with zero attached hydrogens (tertiary/aromatic N) is 2. The van der Waals surface area contributed by atoms with Crippen LogP contribution in [0, 0.1) is 6.92 Å². The van der Waals surface area contributed by atoms with Gasteiger partial charge in [0.15, 0.2) is 11.5 Å². The highest BCUT2D eigenvalue weighted by molar-refractivity contribution is 7.18. The molecule has 4 heterocycles. The summed E-state index contributed by atoms with van der Waals surface area (Å²) in [5.41, 5.74) is 1.12. The van der Waals surface area contributed by atoms with Crippen LogP contribution < -0.4 is 31.4 Å². The Bertz CT molecular complexity index is 2480. The summed E-state index contributed by atoms with van der Waals surface area (Å²) in [6, 6.07) is 37.6. The first-order valence-corrected chi connectivity index (χ1v) is 16.7. The van der Waals surface area contributed by atoms with E-state index in [-0.39, 0.29) is 12.0 Å². The first kappa shape index (κ1) is 31.4. The minimum absolute atomic E-state index is 0.134. The molecule has 49 heavy (non-hydrogen) atoms. The Morgan fingerprint density at radius 1 is 0.633 bits per heavy atom. The van der Waals surface area contributed by atoms with E-state index in [1.807, 2.05) is 121 Å². The molecule has 0 aliphatic carbocycles. The van der Waals surface area contributed by atoms with E-state index in [0.29, 0.717) is 43.3 Å². The Morgan fingerprint density at radius 2 is 1.16 bits per heavy atom. The lowest BCUT2D eigenvalue weighted by atomic mass is 10.3. The van der Waals surface area contributed by atoms with Crippen molar-refractivity contribution in [1.82, 2.24) is 9.97 Å². The van der Waals surface area contributed by atoms with E-state index in [4.69, 9.17) is 18.3 Å². The number of aryl methyl sites for hydroxylation is 1. The fourth-order valence-electron chi connectivity index (χ4n) is 4.68. The Hall–Kier alpha value is -6.24. The second-order valence-corrected chi connectivity index (χ2v) is 12.5. The zero-order valence-electron chi connectivity index (χ0n) is 25.8. The summed E-state index contributed by atoms with van der Waals surface area (Å²) >= 11 is 2.77. The van der Waals surface area contributed by atoms with Gasteiger partial charge < -0.3 is 28.9 Å². The number of fused-ring (bicyclic) bond motifs is 2. The Morgan fingerprint density at radius 3 is 1.78 bits per heavy atom. The summed E-state index contributed by atoms with van der Waals surface area (Å²) < 4.78 is 22.8. The third-order valence-electron chi connectivity index (χ3n) is 6.89. The molecule has 0 aliphatic heterocycles. The molecule has 0 saturated heterocycles. The van der Waals surface area contributed by atoms with Crippen molar-refractivity contribution in [2.45, 2.75) is 6.92 Å². The van der Waals surface area contributed by atoms with Crippen LogP contribution in [0.15, 0.2) is 145 Å². The molecule has 0 amide bonds. The van der Waals surface area contributed by atoms with Gasteiger partial charge in [0.05, 0.1) is 22.3 Å². The molecule has 0 radical (unpaired) electrons. The third-order valence-corrected chi connectivity index (χ3v) is 8.72. The van der Waals surface area contributed by atoms with Crippen molar-refractivity contribution in [2.75, 3.05) is 10.6 Å². The molecule has 0 unspecified atom stereocenters. The number of ether oxygens (including phenoxy) is 2. The third kappa shape index (κ3) is 7.51. The van der Waals surface area contributed by atoms with E-state index in [1.165, 1.54) is 22.7 Å². The Labute approximate surface area is 286 Å². The van der Waals surface area contributed by atoms with Crippen LogP contribution in [0.2, 0.25) is 0 Å². The number of para-hydroxylation sites is 6. The minimum Gasteiger partial charge on any atom is -0.455 e. The molecule has 0 bridgehead atoms. The zero-order chi connectivity index (χ0) is 33.6. The van der Waals surface area contributed by atoms with E-state index >= 15 is 0 Å². The van der Waals surface area contributed by atoms with E-state index in [9.17, 15) is 9.59 Å². The molecule has 4 aromatic heterocycles. The maximum absolute atomic E-state index is 12.1. The number of anilines is 4. The van der Waals surface area contributed by atoms with Crippen molar-refractivity contribution < 1.29 is 18.3 Å². The van der Waals surface area contributed by atoms with Gasteiger partial charge >= 0.3 is 23.3 Å². The van der Waals surface area contributed by atoms with E-state index < -0.39 is 11.3 Å². The monoisotopic (exact) mass is 686 g/mol. The number of hydrogen-bond acceptors (Lipinski definition) is 12. The summed E-state index contributed by atoms with van der Waals surface area (Å²) in [6.07, 6.45) is 0. The Kier molecular flexibility index (Phi) is 9.13. The van der Waals surface area contributed by atoms with Gasteiger partial charge in [0, 0.05) is 4.88 Å². The molecular formula is C37H26N4O6S2. The number of benzene rings is 4. The molecule has 10 nitrogen and oxygen atoms in total. The summed E-state index contributed by atoms with van der Waals surface area (Å²) in [5.74, 6) is 2.66. The zero-order valence-corrected chi connectivity index (χ0v) is 27.4. The molecule has 4 aromatic carbocycles. The second-order valence-electron chi connectivity index (χ2n) is 10.4. The topological polar surface area (TPSA) is 129 Å². The van der Waals surface area contributed by atoms with Crippen LogP contribution in [0.25, 0.3) is 20.4 Å². The number of thiophene rings is 2. The predicted octanol–water partition coefficient (Wildman–Crippen LogP) is 9.88. The standard InChI is InChI=1S/C19H14N2O3S.C18H12N2O3S/c1-12-11-14-17(25-12)21-19(24-18(14)22)20-15-9-5-6-10-16(15)23-13-7-3-2-4-8-13;21-17-16-14(10-11-24-16)20-18(23-17)19-13-8-4-5-9-15(13)22-12-6-2-1-3-7-12/h2-11H,1H3,(H,20,21);1-11H,(H,19,20). The van der Waals surface area contributed by atoms with Crippen LogP contribution in [0.4, 0.5) is 23.4 Å². The van der Waals surface area contributed by atoms with Gasteiger partial charge in [-0.15, -0.1) is 22.7 Å². The molecule has 0 saturated carbocycles. The summed E-state index contributed by atoms with van der Waals surface area (Å²) in [5, 5.41) is 8.37. The van der Waals surface area contributed by atoms with Crippen LogP contribution in [-0.4, -0.2) is 9.97 Å². The normalized spacial score (nSPS) is 10.7. The molecule has 242 valence electrons. The molecule has 0 spiro atoms. The molecule has 0 fully saturated rings. The largest absolute Gasteiger partial charge is 0.455 e. The molecule has 0 aliphatic rings. The number of hydrogen-bond donors (Lipinski definition) is 2. The lowest BCUT2D eigenvalue weighted by molar-refractivity contribution is 0.482. The van der Waals surface area contributed by atoms with Crippen LogP contribution in [0.3, 0.4) is 0 Å². The van der Waals surface area contributed by atoms with Crippen LogP contribution in [-0.2, 0) is 0 Å². The van der Waals surface area contributed by atoms with Gasteiger partial charge in [-0.05, 0) is 73.0 Å². The number of nitrogens with one attached hydrogen (secondary N) is 2. The maximum Gasteiger partial charge on any atom is 0.358 e. The van der Waals surface area contributed by atoms with Crippen molar-refractivity contribution in [3.63, 3.8) is 0 Å². The Balaban J connectivity index is 0.000000154. The van der Waals surface area contributed by atoms with Crippen LogP contribution in [0.5, 0.6) is 23.0 Å². The summed E-state index contributed by atoms with van der Waals surface area (Å²) in [6.45, 7) is 1.93. The quantitative estimate of drug-likeness (QED) is 0.159. The first-order valence-electron chi connectivity index (χ1n) is 15.0. The molecule has 8 aromatic rings. The van der Waals surface area contributed by atoms with Gasteiger partial charge in [0.1, 0.15) is 21.0 Å². The molecule has 2 N–H and O–H groups in total.